The standard InChI is InChI=1S/C14H16N2O5S/c1-8(17)15-11(13(18)19)14(2,3)22-12(15)9-5-4-6-10(7-9)16(20)21/h4-7,11-12H,1-3H3,(H,18,19)/t11-,12+/m0/s1. The van der Waals surface area contributed by atoms with Gasteiger partial charge in [-0.3, -0.25) is 14.9 Å². The number of amides is 1. The molecule has 1 aliphatic heterocycles. The van der Waals surface area contributed by atoms with Crippen LogP contribution in [0, 0.1) is 10.1 Å². The highest BCUT2D eigenvalue weighted by atomic mass is 32.2. The van der Waals surface area contributed by atoms with Crippen molar-refractivity contribution < 1.29 is 19.6 Å². The van der Waals surface area contributed by atoms with Crippen LogP contribution >= 0.6 is 11.8 Å². The van der Waals surface area contributed by atoms with E-state index in [1.165, 1.54) is 41.8 Å². The van der Waals surface area contributed by atoms with Crippen molar-refractivity contribution in [2.45, 2.75) is 36.9 Å². The molecule has 1 aromatic rings. The van der Waals surface area contributed by atoms with Crippen molar-refractivity contribution in [3.05, 3.63) is 39.9 Å². The molecule has 1 N–H and O–H groups in total. The Morgan fingerprint density at radius 1 is 1.41 bits per heavy atom. The fourth-order valence-electron chi connectivity index (χ4n) is 2.66. The highest BCUT2D eigenvalue weighted by Gasteiger charge is 2.53. The van der Waals surface area contributed by atoms with Crippen LogP contribution in [0.5, 0.6) is 0 Å². The number of benzene rings is 1. The van der Waals surface area contributed by atoms with Crippen LogP contribution in [0.1, 0.15) is 31.7 Å². The SMILES string of the molecule is CC(=O)N1[C@@H](c2cccc([N+](=O)[O-])c2)SC(C)(C)[C@@H]1C(=O)O. The lowest BCUT2D eigenvalue weighted by Crippen LogP contribution is -2.48. The molecule has 2 atom stereocenters. The number of carboxylic acid groups (broad SMARTS) is 1. The average Bonchev–Trinajstić information content (AvgIpc) is 2.70. The molecule has 1 saturated heterocycles. The van der Waals surface area contributed by atoms with Crippen molar-refractivity contribution >= 4 is 29.3 Å². The molecule has 8 heteroatoms. The summed E-state index contributed by atoms with van der Waals surface area (Å²) in [6.45, 7) is 4.82. The number of nitro groups is 1. The molecule has 7 nitrogen and oxygen atoms in total. The number of nitro benzene ring substituents is 1. The maximum absolute atomic E-state index is 12.0. The summed E-state index contributed by atoms with van der Waals surface area (Å²) in [5, 5.41) is 19.8. The third-order valence-electron chi connectivity index (χ3n) is 3.57. The molecule has 1 fully saturated rings. The number of rotatable bonds is 3. The lowest BCUT2D eigenvalue weighted by Gasteiger charge is -2.28. The summed E-state index contributed by atoms with van der Waals surface area (Å²) in [5.74, 6) is -1.46. The van der Waals surface area contributed by atoms with Gasteiger partial charge in [-0.05, 0) is 19.4 Å². The van der Waals surface area contributed by atoms with Gasteiger partial charge in [0, 0.05) is 23.8 Å². The van der Waals surface area contributed by atoms with Crippen molar-refractivity contribution in [2.75, 3.05) is 0 Å². The molecule has 22 heavy (non-hydrogen) atoms. The van der Waals surface area contributed by atoms with Crippen LogP contribution in [-0.4, -0.2) is 37.6 Å². The van der Waals surface area contributed by atoms with Crippen molar-refractivity contribution in [2.24, 2.45) is 0 Å². The lowest BCUT2D eigenvalue weighted by atomic mass is 10.0. The Morgan fingerprint density at radius 3 is 2.55 bits per heavy atom. The number of hydrogen-bond donors (Lipinski definition) is 1. The molecule has 0 saturated carbocycles. The van der Waals surface area contributed by atoms with E-state index in [1.807, 2.05) is 0 Å². The van der Waals surface area contributed by atoms with Crippen LogP contribution < -0.4 is 0 Å². The van der Waals surface area contributed by atoms with Crippen molar-refractivity contribution in [3.8, 4) is 0 Å². The smallest absolute Gasteiger partial charge is 0.327 e. The number of nitrogens with zero attached hydrogens (tertiary/aromatic N) is 2. The normalized spacial score (nSPS) is 23.3. The van der Waals surface area contributed by atoms with E-state index < -0.39 is 27.1 Å². The second-order valence-electron chi connectivity index (χ2n) is 5.59. The first-order valence-corrected chi connectivity index (χ1v) is 7.47. The van der Waals surface area contributed by atoms with E-state index in [1.54, 1.807) is 19.9 Å². The first-order chi connectivity index (χ1) is 10.1. The number of non-ortho nitro benzene ring substituents is 1. The van der Waals surface area contributed by atoms with E-state index in [0.717, 1.165) is 0 Å². The zero-order chi connectivity index (χ0) is 16.7. The van der Waals surface area contributed by atoms with E-state index in [9.17, 15) is 24.8 Å². The van der Waals surface area contributed by atoms with Gasteiger partial charge in [0.15, 0.2) is 0 Å². The summed E-state index contributed by atoms with van der Waals surface area (Å²) >= 11 is 1.32. The van der Waals surface area contributed by atoms with Crippen molar-refractivity contribution in [1.82, 2.24) is 4.90 Å². The summed E-state index contributed by atoms with van der Waals surface area (Å²) < 4.78 is -0.702. The predicted octanol–water partition coefficient (Wildman–Crippen LogP) is 2.42. The molecule has 1 aromatic carbocycles. The average molecular weight is 324 g/mol. The summed E-state index contributed by atoms with van der Waals surface area (Å²) in [7, 11) is 0. The predicted molar refractivity (Wildman–Crippen MR) is 81.5 cm³/mol. The highest BCUT2D eigenvalue weighted by Crippen LogP contribution is 2.52. The number of hydrogen-bond acceptors (Lipinski definition) is 5. The number of aliphatic carboxylic acids is 1. The zero-order valence-corrected chi connectivity index (χ0v) is 13.2. The Labute approximate surface area is 131 Å². The van der Waals surface area contributed by atoms with Crippen LogP contribution in [0.3, 0.4) is 0 Å². The highest BCUT2D eigenvalue weighted by molar-refractivity contribution is 8.01. The Bertz CT molecular complexity index is 646. The Kier molecular flexibility index (Phi) is 4.15. The molecule has 0 spiro atoms. The largest absolute Gasteiger partial charge is 0.480 e. The molecule has 0 bridgehead atoms. The second-order valence-corrected chi connectivity index (χ2v) is 7.33. The molecule has 1 amide bonds. The monoisotopic (exact) mass is 324 g/mol. The molecular weight excluding hydrogens is 308 g/mol. The van der Waals surface area contributed by atoms with Gasteiger partial charge < -0.3 is 10.0 Å². The van der Waals surface area contributed by atoms with Gasteiger partial charge in [-0.2, -0.15) is 0 Å². The first kappa shape index (κ1) is 16.3. The number of carboxylic acids is 1. The molecule has 0 aliphatic carbocycles. The quantitative estimate of drug-likeness (QED) is 0.677. The van der Waals surface area contributed by atoms with Crippen LogP contribution in [-0.2, 0) is 9.59 Å². The van der Waals surface area contributed by atoms with Gasteiger partial charge in [0.2, 0.25) is 5.91 Å². The third kappa shape index (κ3) is 2.78. The molecule has 0 aromatic heterocycles. The van der Waals surface area contributed by atoms with Crippen molar-refractivity contribution in [3.63, 3.8) is 0 Å². The summed E-state index contributed by atoms with van der Waals surface area (Å²) in [6.07, 6.45) is 0. The van der Waals surface area contributed by atoms with Gasteiger partial charge in [0.05, 0.1) is 4.92 Å². The van der Waals surface area contributed by atoms with Gasteiger partial charge in [0.1, 0.15) is 11.4 Å². The summed E-state index contributed by atoms with van der Waals surface area (Å²) in [5.41, 5.74) is 0.462. The minimum atomic E-state index is -1.08. The van der Waals surface area contributed by atoms with Gasteiger partial charge in [-0.1, -0.05) is 12.1 Å². The van der Waals surface area contributed by atoms with Crippen LogP contribution in [0.2, 0.25) is 0 Å². The van der Waals surface area contributed by atoms with Crippen molar-refractivity contribution in [1.29, 1.82) is 0 Å². The molecule has 1 aliphatic rings. The molecule has 1 heterocycles. The molecule has 118 valence electrons. The Balaban J connectivity index is 2.50. The van der Waals surface area contributed by atoms with Gasteiger partial charge in [-0.25, -0.2) is 4.79 Å². The maximum atomic E-state index is 12.0. The molecular formula is C14H16N2O5S. The number of carbonyl (C=O) groups excluding carboxylic acids is 1. The summed E-state index contributed by atoms with van der Waals surface area (Å²) in [6, 6.07) is 4.96. The molecule has 0 unspecified atom stereocenters. The van der Waals surface area contributed by atoms with E-state index in [2.05, 4.69) is 0 Å². The van der Waals surface area contributed by atoms with E-state index in [4.69, 9.17) is 0 Å². The van der Waals surface area contributed by atoms with Gasteiger partial charge >= 0.3 is 5.97 Å². The Hall–Kier alpha value is -2.09. The first-order valence-electron chi connectivity index (χ1n) is 6.59. The number of thioether (sulfide) groups is 1. The van der Waals surface area contributed by atoms with Crippen LogP contribution in [0.25, 0.3) is 0 Å². The third-order valence-corrected chi connectivity index (χ3v) is 5.12. The van der Waals surface area contributed by atoms with E-state index in [0.29, 0.717) is 5.56 Å². The minimum Gasteiger partial charge on any atom is -0.480 e. The van der Waals surface area contributed by atoms with Crippen LogP contribution in [0.4, 0.5) is 5.69 Å². The van der Waals surface area contributed by atoms with E-state index in [-0.39, 0.29) is 11.6 Å². The fraction of sp³-hybridized carbons (Fsp3) is 0.429. The Morgan fingerprint density at radius 2 is 2.05 bits per heavy atom. The zero-order valence-electron chi connectivity index (χ0n) is 12.3. The van der Waals surface area contributed by atoms with Crippen LogP contribution in [0.15, 0.2) is 24.3 Å². The van der Waals surface area contributed by atoms with Gasteiger partial charge in [0.25, 0.3) is 5.69 Å². The van der Waals surface area contributed by atoms with E-state index >= 15 is 0 Å². The molecule has 0 radical (unpaired) electrons. The number of carbonyl (C=O) groups is 2. The maximum Gasteiger partial charge on any atom is 0.327 e. The summed E-state index contributed by atoms with van der Waals surface area (Å²) in [4.78, 5) is 35.2. The molecule has 2 rings (SSSR count). The topological polar surface area (TPSA) is 101 Å². The lowest BCUT2D eigenvalue weighted by molar-refractivity contribution is -0.384. The fourth-order valence-corrected chi connectivity index (χ4v) is 4.25. The van der Waals surface area contributed by atoms with Gasteiger partial charge in [-0.15, -0.1) is 11.8 Å². The second kappa shape index (κ2) is 5.60. The minimum absolute atomic E-state index is 0.0850.